The van der Waals surface area contributed by atoms with Crippen LogP contribution >= 0.6 is 11.6 Å². The number of hydrogen-bond acceptors (Lipinski definition) is 2. The van der Waals surface area contributed by atoms with Crippen LogP contribution in [0.4, 0.5) is 0 Å². The average Bonchev–Trinajstić information content (AvgIpc) is 2.14. The molecule has 0 N–H and O–H groups in total. The van der Waals surface area contributed by atoms with Gasteiger partial charge in [0.05, 0.1) is 5.60 Å². The highest BCUT2D eigenvalue weighted by atomic mass is 35.5. The van der Waals surface area contributed by atoms with E-state index in [1.165, 1.54) is 0 Å². The number of carbonyl (C=O) groups excluding carboxylic acids is 1. The Hall–Kier alpha value is -0.340. The zero-order valence-corrected chi connectivity index (χ0v) is 9.89. The fourth-order valence-electron chi connectivity index (χ4n) is 1.71. The van der Waals surface area contributed by atoms with E-state index in [9.17, 15) is 4.79 Å². The number of alkyl halides is 1. The van der Waals surface area contributed by atoms with E-state index >= 15 is 0 Å². The van der Waals surface area contributed by atoms with Crippen molar-refractivity contribution in [3.05, 3.63) is 11.6 Å². The van der Waals surface area contributed by atoms with Gasteiger partial charge in [0.25, 0.3) is 0 Å². The maximum Gasteiger partial charge on any atom is 0.176 e. The Morgan fingerprint density at radius 2 is 2.14 bits per heavy atom. The van der Waals surface area contributed by atoms with E-state index in [0.29, 0.717) is 0 Å². The molecule has 0 saturated heterocycles. The number of methoxy groups -OCH3 is 1. The molecule has 0 unspecified atom stereocenters. The monoisotopic (exact) mass is 216 g/mol. The van der Waals surface area contributed by atoms with Crippen molar-refractivity contribution >= 4 is 17.4 Å². The third-order valence-corrected chi connectivity index (χ3v) is 3.59. The molecule has 0 bridgehead atoms. The van der Waals surface area contributed by atoms with Crippen LogP contribution in [0.3, 0.4) is 0 Å². The molecule has 0 fully saturated rings. The molecule has 0 heterocycles. The van der Waals surface area contributed by atoms with E-state index in [1.807, 2.05) is 26.8 Å². The van der Waals surface area contributed by atoms with Gasteiger partial charge in [0.15, 0.2) is 5.78 Å². The molecule has 1 aliphatic rings. The summed E-state index contributed by atoms with van der Waals surface area (Å²) in [5, 5.41) is -0.449. The minimum atomic E-state index is -0.449. The normalized spacial score (nSPS) is 28.9. The first-order valence-corrected chi connectivity index (χ1v) is 5.24. The van der Waals surface area contributed by atoms with E-state index in [2.05, 4.69) is 0 Å². The zero-order chi connectivity index (χ0) is 10.9. The van der Waals surface area contributed by atoms with E-state index in [4.69, 9.17) is 16.3 Å². The van der Waals surface area contributed by atoms with Gasteiger partial charge in [0.2, 0.25) is 0 Å². The summed E-state index contributed by atoms with van der Waals surface area (Å²) in [4.78, 5) is 11.6. The highest BCUT2D eigenvalue weighted by molar-refractivity contribution is 6.34. The summed E-state index contributed by atoms with van der Waals surface area (Å²) in [5.74, 6) is 0.0957. The van der Waals surface area contributed by atoms with Gasteiger partial charge >= 0.3 is 0 Å². The number of ketones is 1. The van der Waals surface area contributed by atoms with Crippen LogP contribution < -0.4 is 0 Å². The summed E-state index contributed by atoms with van der Waals surface area (Å²) < 4.78 is 5.37. The lowest BCUT2D eigenvalue weighted by Crippen LogP contribution is -2.43. The van der Waals surface area contributed by atoms with Crippen LogP contribution in [0.15, 0.2) is 11.6 Å². The predicted molar refractivity (Wildman–Crippen MR) is 57.6 cm³/mol. The highest BCUT2D eigenvalue weighted by Crippen LogP contribution is 2.35. The number of carbonyl (C=O) groups is 1. The van der Waals surface area contributed by atoms with Crippen molar-refractivity contribution < 1.29 is 9.53 Å². The van der Waals surface area contributed by atoms with Crippen LogP contribution in [0, 0.1) is 5.92 Å². The molecule has 80 valence electrons. The van der Waals surface area contributed by atoms with Gasteiger partial charge in [-0.05, 0) is 32.8 Å². The van der Waals surface area contributed by atoms with E-state index in [-0.39, 0.29) is 17.3 Å². The van der Waals surface area contributed by atoms with Crippen LogP contribution in [0.1, 0.15) is 27.2 Å². The molecule has 1 aliphatic carbocycles. The maximum absolute atomic E-state index is 11.6. The van der Waals surface area contributed by atoms with Crippen LogP contribution in [0.2, 0.25) is 0 Å². The molecule has 0 spiro atoms. The largest absolute Gasteiger partial charge is 0.378 e. The predicted octanol–water partition coefficient (Wildman–Crippen LogP) is 2.55. The Morgan fingerprint density at radius 1 is 1.57 bits per heavy atom. The molecular weight excluding hydrogens is 200 g/mol. The number of hydrogen-bond donors (Lipinski definition) is 0. The molecule has 1 rings (SSSR count). The van der Waals surface area contributed by atoms with Crippen molar-refractivity contribution in [2.24, 2.45) is 5.92 Å². The van der Waals surface area contributed by atoms with Crippen LogP contribution in [-0.4, -0.2) is 23.9 Å². The molecule has 0 aromatic carbocycles. The molecule has 2 atom stereocenters. The summed E-state index contributed by atoms with van der Waals surface area (Å²) in [7, 11) is 1.65. The van der Waals surface area contributed by atoms with Gasteiger partial charge in [0.1, 0.15) is 5.38 Å². The van der Waals surface area contributed by atoms with Crippen LogP contribution in [0.5, 0.6) is 0 Å². The van der Waals surface area contributed by atoms with Gasteiger partial charge in [-0.1, -0.05) is 6.08 Å². The number of halogens is 1. The SMILES string of the molecule is COC(C)(C)[C@H]1CC=C(C)C(=O)[C@@H]1Cl. The second kappa shape index (κ2) is 4.03. The van der Waals surface area contributed by atoms with Crippen molar-refractivity contribution in [1.29, 1.82) is 0 Å². The van der Waals surface area contributed by atoms with Gasteiger partial charge in [0, 0.05) is 13.0 Å². The third kappa shape index (κ3) is 2.01. The molecule has 3 heteroatoms. The lowest BCUT2D eigenvalue weighted by Gasteiger charge is -2.37. The number of ether oxygens (including phenoxy) is 1. The molecule has 0 amide bonds. The third-order valence-electron chi connectivity index (χ3n) is 3.09. The topological polar surface area (TPSA) is 26.3 Å². The molecule has 14 heavy (non-hydrogen) atoms. The van der Waals surface area contributed by atoms with Crippen LogP contribution in [0.25, 0.3) is 0 Å². The molecule has 0 aliphatic heterocycles. The van der Waals surface area contributed by atoms with Crippen molar-refractivity contribution in [1.82, 2.24) is 0 Å². The van der Waals surface area contributed by atoms with Gasteiger partial charge in [-0.2, -0.15) is 0 Å². The summed E-state index contributed by atoms with van der Waals surface area (Å²) in [5.41, 5.74) is 0.423. The molecule has 0 saturated carbocycles. The molecule has 0 aromatic heterocycles. The number of rotatable bonds is 2. The Bertz CT molecular complexity index is 268. The fraction of sp³-hybridized carbons (Fsp3) is 0.727. The highest BCUT2D eigenvalue weighted by Gasteiger charge is 2.40. The van der Waals surface area contributed by atoms with Gasteiger partial charge in [-0.15, -0.1) is 11.6 Å². The fourth-order valence-corrected chi connectivity index (χ4v) is 2.29. The minimum absolute atomic E-state index is 0.0352. The van der Waals surface area contributed by atoms with E-state index in [1.54, 1.807) is 7.11 Å². The second-order valence-electron chi connectivity index (χ2n) is 4.30. The Labute approximate surface area is 90.3 Å². The van der Waals surface area contributed by atoms with Crippen molar-refractivity contribution in [3.8, 4) is 0 Å². The van der Waals surface area contributed by atoms with E-state index in [0.717, 1.165) is 12.0 Å². The lowest BCUT2D eigenvalue weighted by atomic mass is 9.78. The number of allylic oxidation sites excluding steroid dienone is 2. The summed E-state index contributed by atoms with van der Waals surface area (Å²) >= 11 is 6.12. The smallest absolute Gasteiger partial charge is 0.176 e. The quantitative estimate of drug-likeness (QED) is 0.664. The Morgan fingerprint density at radius 3 is 2.64 bits per heavy atom. The van der Waals surface area contributed by atoms with Gasteiger partial charge in [-0.25, -0.2) is 0 Å². The molecule has 2 nitrogen and oxygen atoms in total. The first-order valence-electron chi connectivity index (χ1n) is 4.80. The molecular formula is C11H17ClO2. The zero-order valence-electron chi connectivity index (χ0n) is 9.13. The summed E-state index contributed by atoms with van der Waals surface area (Å²) in [6, 6.07) is 0. The number of Topliss-reactive ketones (excluding diaryl/α,β-unsaturated/α-hetero) is 1. The van der Waals surface area contributed by atoms with E-state index < -0.39 is 5.38 Å². The molecule has 0 radical (unpaired) electrons. The van der Waals surface area contributed by atoms with Crippen molar-refractivity contribution in [2.75, 3.05) is 7.11 Å². The minimum Gasteiger partial charge on any atom is -0.378 e. The first-order chi connectivity index (χ1) is 6.40. The second-order valence-corrected chi connectivity index (χ2v) is 4.77. The van der Waals surface area contributed by atoms with Gasteiger partial charge in [-0.3, -0.25) is 4.79 Å². The lowest BCUT2D eigenvalue weighted by molar-refractivity contribution is -0.119. The van der Waals surface area contributed by atoms with Gasteiger partial charge < -0.3 is 4.74 Å². The standard InChI is InChI=1S/C11H17ClO2/c1-7-5-6-8(9(12)10(7)13)11(2,3)14-4/h5,8-9H,6H2,1-4H3/t8-,9+/m0/s1. The average molecular weight is 217 g/mol. The summed E-state index contributed by atoms with van der Waals surface area (Å²) in [6.45, 7) is 5.75. The molecule has 0 aromatic rings. The van der Waals surface area contributed by atoms with Crippen LogP contribution in [-0.2, 0) is 9.53 Å². The van der Waals surface area contributed by atoms with Crippen molar-refractivity contribution in [2.45, 2.75) is 38.2 Å². The Kier molecular flexibility index (Phi) is 3.38. The first kappa shape index (κ1) is 11.7. The van der Waals surface area contributed by atoms with Crippen molar-refractivity contribution in [3.63, 3.8) is 0 Å². The Balaban J connectivity index is 2.90. The summed E-state index contributed by atoms with van der Waals surface area (Å²) in [6.07, 6.45) is 2.76. The maximum atomic E-state index is 11.6.